The summed E-state index contributed by atoms with van der Waals surface area (Å²) in [6.45, 7) is 3.71. The van der Waals surface area contributed by atoms with Crippen LogP contribution in [0.4, 0.5) is 18.9 Å². The topological polar surface area (TPSA) is 125 Å². The average molecular weight is 648 g/mol. The Balaban J connectivity index is 1.55. The van der Waals surface area contributed by atoms with E-state index in [0.717, 1.165) is 22.5 Å². The number of nitrogens with one attached hydrogen (secondary N) is 2. The molecule has 0 saturated carbocycles. The maximum Gasteiger partial charge on any atom is 0.416 e. The van der Waals surface area contributed by atoms with Gasteiger partial charge in [0.15, 0.2) is 0 Å². The predicted octanol–water partition coefficient (Wildman–Crippen LogP) is 5.24. The van der Waals surface area contributed by atoms with Gasteiger partial charge in [0, 0.05) is 18.8 Å². The van der Waals surface area contributed by atoms with E-state index in [1.54, 1.807) is 55.5 Å². The van der Waals surface area contributed by atoms with Crippen LogP contribution in [0.2, 0.25) is 0 Å². The van der Waals surface area contributed by atoms with E-state index in [0.29, 0.717) is 48.1 Å². The number of piperidine rings is 1. The molecule has 0 aromatic heterocycles. The van der Waals surface area contributed by atoms with E-state index in [-0.39, 0.29) is 19.5 Å². The monoisotopic (exact) mass is 647 g/mol. The lowest BCUT2D eigenvalue weighted by atomic mass is 9.95. The van der Waals surface area contributed by atoms with Crippen LogP contribution in [0.3, 0.4) is 0 Å². The molecule has 242 valence electrons. The molecule has 45 heavy (non-hydrogen) atoms. The van der Waals surface area contributed by atoms with Crippen LogP contribution in [0.15, 0.2) is 77.7 Å². The summed E-state index contributed by atoms with van der Waals surface area (Å²) in [5, 5.41) is 15.5. The molecular formula is C32H36F3N3O6S. The Kier molecular flexibility index (Phi) is 10.9. The van der Waals surface area contributed by atoms with Crippen molar-refractivity contribution < 1.29 is 41.0 Å². The molecule has 0 aliphatic carbocycles. The molecule has 3 atom stereocenters. The largest absolute Gasteiger partial charge is 0.494 e. The highest BCUT2D eigenvalue weighted by Crippen LogP contribution is 2.33. The molecule has 1 fully saturated rings. The number of ether oxygens (including phenoxy) is 1. The van der Waals surface area contributed by atoms with Crippen LogP contribution >= 0.6 is 0 Å². The smallest absolute Gasteiger partial charge is 0.416 e. The van der Waals surface area contributed by atoms with Crippen molar-refractivity contribution in [1.29, 1.82) is 0 Å². The molecule has 2 amide bonds. The van der Waals surface area contributed by atoms with Gasteiger partial charge < -0.3 is 20.5 Å². The second-order valence-electron chi connectivity index (χ2n) is 10.7. The van der Waals surface area contributed by atoms with E-state index in [9.17, 15) is 36.3 Å². The van der Waals surface area contributed by atoms with Gasteiger partial charge >= 0.3 is 6.18 Å². The number of carbonyl (C=O) groups excluding carboxylic acids is 2. The molecule has 9 nitrogen and oxygen atoms in total. The Hall–Kier alpha value is -3.94. The first-order valence-corrected chi connectivity index (χ1v) is 16.0. The van der Waals surface area contributed by atoms with Crippen molar-refractivity contribution in [3.8, 4) is 5.75 Å². The Morgan fingerprint density at radius 1 is 1.02 bits per heavy atom. The summed E-state index contributed by atoms with van der Waals surface area (Å²) in [6, 6.07) is 15.7. The van der Waals surface area contributed by atoms with Crippen molar-refractivity contribution in [3.63, 3.8) is 0 Å². The standard InChI is InChI=1S/C32H36F3N3O6S/c1-3-44-26-16-14-25(15-17-26)37-30(40)28(23-12-10-22(11-13-23)21(2)39)20-36-31(41)29-9-4-5-18-38(29)45(42,43)27-8-6-7-24(19-27)32(33,34)35/h6-8,10-17,19,21,28-29,39H,3-5,9,18,20H2,1-2H3,(H,36,41)(H,37,40)/t21?,28-,29+/m1/s1. The van der Waals surface area contributed by atoms with Crippen LogP contribution in [0.5, 0.6) is 5.75 Å². The third kappa shape index (κ3) is 8.41. The summed E-state index contributed by atoms with van der Waals surface area (Å²) < 4.78 is 73.3. The molecule has 1 heterocycles. The van der Waals surface area contributed by atoms with Gasteiger partial charge in [0.1, 0.15) is 11.8 Å². The van der Waals surface area contributed by atoms with Gasteiger partial charge in [-0.05, 0) is 80.3 Å². The van der Waals surface area contributed by atoms with E-state index < -0.39 is 56.5 Å². The summed E-state index contributed by atoms with van der Waals surface area (Å²) >= 11 is 0. The Bertz CT molecular complexity index is 1580. The van der Waals surface area contributed by atoms with Crippen LogP contribution < -0.4 is 15.4 Å². The highest BCUT2D eigenvalue weighted by Gasteiger charge is 2.39. The molecule has 3 aromatic rings. The Labute approximate surface area is 260 Å². The van der Waals surface area contributed by atoms with Crippen molar-refractivity contribution in [3.05, 3.63) is 89.5 Å². The van der Waals surface area contributed by atoms with Crippen molar-refractivity contribution in [2.24, 2.45) is 0 Å². The summed E-state index contributed by atoms with van der Waals surface area (Å²) in [5.41, 5.74) is 0.557. The lowest BCUT2D eigenvalue weighted by Gasteiger charge is -2.34. The summed E-state index contributed by atoms with van der Waals surface area (Å²) in [5.74, 6) is -1.38. The van der Waals surface area contributed by atoms with Gasteiger partial charge in [-0.3, -0.25) is 9.59 Å². The number of sulfonamides is 1. The molecule has 3 N–H and O–H groups in total. The first-order chi connectivity index (χ1) is 21.3. The lowest BCUT2D eigenvalue weighted by Crippen LogP contribution is -2.52. The maximum absolute atomic E-state index is 13.5. The number of alkyl halides is 3. The molecule has 0 radical (unpaired) electrons. The van der Waals surface area contributed by atoms with Crippen molar-refractivity contribution >= 4 is 27.5 Å². The fraction of sp³-hybridized carbons (Fsp3) is 0.375. The van der Waals surface area contributed by atoms with E-state index >= 15 is 0 Å². The number of halogens is 3. The fourth-order valence-corrected chi connectivity index (χ4v) is 6.85. The minimum absolute atomic E-state index is 0.0425. The van der Waals surface area contributed by atoms with Crippen molar-refractivity contribution in [2.75, 3.05) is 25.0 Å². The number of rotatable bonds is 11. The van der Waals surface area contributed by atoms with E-state index in [1.165, 1.54) is 0 Å². The minimum Gasteiger partial charge on any atom is -0.494 e. The number of amides is 2. The first-order valence-electron chi connectivity index (χ1n) is 14.6. The molecule has 4 rings (SSSR count). The van der Waals surface area contributed by atoms with E-state index in [4.69, 9.17) is 4.74 Å². The third-order valence-electron chi connectivity index (χ3n) is 7.58. The van der Waals surface area contributed by atoms with Crippen LogP contribution in [0, 0.1) is 0 Å². The zero-order valence-electron chi connectivity index (χ0n) is 24.9. The van der Waals surface area contributed by atoms with Crippen LogP contribution in [-0.2, 0) is 25.8 Å². The van der Waals surface area contributed by atoms with Gasteiger partial charge in [0.05, 0.1) is 29.1 Å². The summed E-state index contributed by atoms with van der Waals surface area (Å²) in [7, 11) is -4.45. The fourth-order valence-electron chi connectivity index (χ4n) is 5.14. The molecular weight excluding hydrogens is 611 g/mol. The van der Waals surface area contributed by atoms with Crippen LogP contribution in [0.1, 0.15) is 61.8 Å². The highest BCUT2D eigenvalue weighted by molar-refractivity contribution is 7.89. The zero-order valence-corrected chi connectivity index (χ0v) is 25.7. The SMILES string of the molecule is CCOc1ccc(NC(=O)[C@H](CNC(=O)[C@@H]2CCCCN2S(=O)(=O)c2cccc(C(F)(F)F)c2)c2ccc(C(C)O)cc2)cc1. The number of hydrogen-bond acceptors (Lipinski definition) is 6. The number of nitrogens with zero attached hydrogens (tertiary/aromatic N) is 1. The summed E-state index contributed by atoms with van der Waals surface area (Å²) in [6.07, 6.45) is -4.33. The van der Waals surface area contributed by atoms with E-state index in [1.807, 2.05) is 6.92 Å². The number of anilines is 1. The Morgan fingerprint density at radius 3 is 2.31 bits per heavy atom. The highest BCUT2D eigenvalue weighted by atomic mass is 32.2. The molecule has 0 spiro atoms. The Morgan fingerprint density at radius 2 is 1.69 bits per heavy atom. The van der Waals surface area contributed by atoms with Gasteiger partial charge in [0.25, 0.3) is 0 Å². The molecule has 1 aliphatic heterocycles. The van der Waals surface area contributed by atoms with Crippen molar-refractivity contribution in [1.82, 2.24) is 9.62 Å². The lowest BCUT2D eigenvalue weighted by molar-refractivity contribution is -0.137. The number of carbonyl (C=O) groups is 2. The number of aliphatic hydroxyl groups is 1. The molecule has 1 aliphatic rings. The number of aliphatic hydroxyl groups excluding tert-OH is 1. The molecule has 0 bridgehead atoms. The molecule has 1 unspecified atom stereocenters. The summed E-state index contributed by atoms with van der Waals surface area (Å²) in [4.78, 5) is 26.5. The van der Waals surface area contributed by atoms with Gasteiger partial charge in [-0.2, -0.15) is 17.5 Å². The molecule has 3 aromatic carbocycles. The number of hydrogen-bond donors (Lipinski definition) is 3. The quantitative estimate of drug-likeness (QED) is 0.262. The van der Waals surface area contributed by atoms with E-state index in [2.05, 4.69) is 10.6 Å². The van der Waals surface area contributed by atoms with Gasteiger partial charge in [-0.15, -0.1) is 0 Å². The zero-order chi connectivity index (χ0) is 32.8. The van der Waals surface area contributed by atoms with Crippen LogP contribution in [0.25, 0.3) is 0 Å². The maximum atomic E-state index is 13.5. The third-order valence-corrected chi connectivity index (χ3v) is 9.48. The molecule has 1 saturated heterocycles. The first kappa shape index (κ1) is 33.9. The van der Waals surface area contributed by atoms with Crippen LogP contribution in [-0.4, -0.2) is 55.4 Å². The van der Waals surface area contributed by atoms with Gasteiger partial charge in [-0.1, -0.05) is 36.8 Å². The second kappa shape index (κ2) is 14.4. The van der Waals surface area contributed by atoms with Gasteiger partial charge in [-0.25, -0.2) is 8.42 Å². The minimum atomic E-state index is -4.74. The predicted molar refractivity (Wildman–Crippen MR) is 162 cm³/mol. The average Bonchev–Trinajstić information content (AvgIpc) is 3.02. The molecule has 13 heteroatoms. The number of benzene rings is 3. The van der Waals surface area contributed by atoms with Crippen molar-refractivity contribution in [2.45, 2.75) is 62.2 Å². The second-order valence-corrected chi connectivity index (χ2v) is 12.6. The normalized spacial score (nSPS) is 17.2. The van der Waals surface area contributed by atoms with Gasteiger partial charge in [0.2, 0.25) is 21.8 Å².